The standard InChI is InChI=1S/C23H35N3O3S/c1-22(2,3)26-13-17(29-23(26,4)5)14-28-21-25-12-19(30-21)20(27)24-11-10-18-15-6-7-16(18)9-8-15/h12,14-16,18H,6-11,13H2,1-5H3,(H,24,27)/b17-14-. The molecular weight excluding hydrogens is 398 g/mol. The summed E-state index contributed by atoms with van der Waals surface area (Å²) in [4.78, 5) is 19.6. The molecule has 30 heavy (non-hydrogen) atoms. The van der Waals surface area contributed by atoms with Crippen LogP contribution in [0.1, 0.15) is 76.4 Å². The van der Waals surface area contributed by atoms with Crippen molar-refractivity contribution in [2.75, 3.05) is 13.1 Å². The fourth-order valence-corrected chi connectivity index (χ4v) is 6.35. The molecule has 1 N–H and O–H groups in total. The Labute approximate surface area is 184 Å². The third kappa shape index (κ3) is 4.52. The molecule has 2 bridgehead atoms. The maximum absolute atomic E-state index is 12.5. The first-order valence-electron chi connectivity index (χ1n) is 11.2. The first-order valence-corrected chi connectivity index (χ1v) is 12.0. The highest BCUT2D eigenvalue weighted by atomic mass is 32.1. The van der Waals surface area contributed by atoms with Crippen LogP contribution in [-0.4, -0.2) is 40.1 Å². The van der Waals surface area contributed by atoms with E-state index in [1.54, 1.807) is 12.5 Å². The number of thiazole rings is 1. The molecule has 3 fully saturated rings. The molecule has 2 saturated carbocycles. The van der Waals surface area contributed by atoms with Crippen molar-refractivity contribution in [3.8, 4) is 5.19 Å². The fourth-order valence-electron chi connectivity index (χ4n) is 5.69. The van der Waals surface area contributed by atoms with Crippen LogP contribution in [0.5, 0.6) is 5.19 Å². The molecule has 6 nitrogen and oxygen atoms in total. The molecule has 1 amide bonds. The molecule has 1 aliphatic heterocycles. The minimum atomic E-state index is -0.389. The number of carbonyl (C=O) groups excluding carboxylic acids is 1. The second-order valence-corrected chi connectivity index (χ2v) is 11.4. The van der Waals surface area contributed by atoms with Crippen LogP contribution < -0.4 is 10.1 Å². The molecule has 0 spiro atoms. The van der Waals surface area contributed by atoms with E-state index in [-0.39, 0.29) is 17.2 Å². The lowest BCUT2D eigenvalue weighted by molar-refractivity contribution is -0.0735. The Morgan fingerprint density at radius 2 is 2.00 bits per heavy atom. The number of ether oxygens (including phenoxy) is 2. The van der Waals surface area contributed by atoms with Gasteiger partial charge >= 0.3 is 0 Å². The van der Waals surface area contributed by atoms with Crippen LogP contribution in [0.25, 0.3) is 0 Å². The summed E-state index contributed by atoms with van der Waals surface area (Å²) in [6.45, 7) is 12.1. The van der Waals surface area contributed by atoms with Gasteiger partial charge in [0.2, 0.25) is 0 Å². The lowest BCUT2D eigenvalue weighted by atomic mass is 9.94. The van der Waals surface area contributed by atoms with Crippen LogP contribution in [-0.2, 0) is 4.74 Å². The molecule has 7 heteroatoms. The summed E-state index contributed by atoms with van der Waals surface area (Å²) >= 11 is 1.27. The van der Waals surface area contributed by atoms with Gasteiger partial charge in [-0.05, 0) is 84.5 Å². The highest BCUT2D eigenvalue weighted by molar-refractivity contribution is 7.15. The van der Waals surface area contributed by atoms with Gasteiger partial charge in [0, 0.05) is 12.1 Å². The average Bonchev–Trinajstić information content (AvgIpc) is 3.43. The van der Waals surface area contributed by atoms with Crippen LogP contribution in [0.15, 0.2) is 18.2 Å². The number of nitrogens with one attached hydrogen (secondary N) is 1. The number of fused-ring (bicyclic) bond motifs is 2. The number of nitrogens with zero attached hydrogens (tertiary/aromatic N) is 2. The zero-order chi connectivity index (χ0) is 21.5. The minimum absolute atomic E-state index is 0.0104. The smallest absolute Gasteiger partial charge is 0.278 e. The number of aromatic nitrogens is 1. The number of rotatable bonds is 6. The second kappa shape index (κ2) is 8.15. The molecule has 3 aliphatic rings. The molecule has 166 valence electrons. The van der Waals surface area contributed by atoms with Crippen LogP contribution in [0.2, 0.25) is 0 Å². The van der Waals surface area contributed by atoms with Gasteiger partial charge in [0.25, 0.3) is 11.1 Å². The van der Waals surface area contributed by atoms with Crippen LogP contribution in [0.4, 0.5) is 0 Å². The summed E-state index contributed by atoms with van der Waals surface area (Å²) in [5, 5.41) is 3.52. The topological polar surface area (TPSA) is 63.7 Å². The Morgan fingerprint density at radius 1 is 1.33 bits per heavy atom. The summed E-state index contributed by atoms with van der Waals surface area (Å²) in [5.74, 6) is 3.33. The Balaban J connectivity index is 1.27. The summed E-state index contributed by atoms with van der Waals surface area (Å²) in [6, 6.07) is 0. The van der Waals surface area contributed by atoms with E-state index in [0.29, 0.717) is 16.6 Å². The SMILES string of the molecule is CC(C)(C)N1C/C(=C/Oc2ncc(C(=O)NCCC3C4CCC3CC4)s2)OC1(C)C. The summed E-state index contributed by atoms with van der Waals surface area (Å²) in [7, 11) is 0. The number of hydrogen-bond donors (Lipinski definition) is 1. The zero-order valence-electron chi connectivity index (χ0n) is 18.9. The van der Waals surface area contributed by atoms with E-state index in [9.17, 15) is 4.79 Å². The molecular formula is C23H35N3O3S. The van der Waals surface area contributed by atoms with Crippen molar-refractivity contribution in [3.63, 3.8) is 0 Å². The molecule has 2 heterocycles. The maximum atomic E-state index is 12.5. The second-order valence-electron chi connectivity index (χ2n) is 10.4. The van der Waals surface area contributed by atoms with Crippen molar-refractivity contribution < 1.29 is 14.3 Å². The Hall–Kier alpha value is -1.60. The van der Waals surface area contributed by atoms with E-state index in [1.807, 2.05) is 0 Å². The van der Waals surface area contributed by atoms with Gasteiger partial charge in [0.1, 0.15) is 16.9 Å². The predicted octanol–water partition coefficient (Wildman–Crippen LogP) is 4.79. The van der Waals surface area contributed by atoms with E-state index in [4.69, 9.17) is 9.47 Å². The van der Waals surface area contributed by atoms with Gasteiger partial charge in [0.05, 0.1) is 12.7 Å². The monoisotopic (exact) mass is 433 g/mol. The summed E-state index contributed by atoms with van der Waals surface area (Å²) in [6.07, 6.45) is 9.88. The van der Waals surface area contributed by atoms with Crippen LogP contribution in [0, 0.1) is 17.8 Å². The van der Waals surface area contributed by atoms with Crippen LogP contribution >= 0.6 is 11.3 Å². The Kier molecular flexibility index (Phi) is 5.88. The highest BCUT2D eigenvalue weighted by Gasteiger charge is 2.43. The lowest BCUT2D eigenvalue weighted by Gasteiger charge is -2.39. The maximum Gasteiger partial charge on any atom is 0.278 e. The van der Waals surface area contributed by atoms with Gasteiger partial charge in [-0.15, -0.1) is 0 Å². The molecule has 1 aromatic heterocycles. The molecule has 2 aliphatic carbocycles. The molecule has 0 aromatic carbocycles. The van der Waals surface area contributed by atoms with E-state index in [1.165, 1.54) is 37.0 Å². The van der Waals surface area contributed by atoms with Gasteiger partial charge in [-0.3, -0.25) is 9.69 Å². The van der Waals surface area contributed by atoms with E-state index in [0.717, 1.165) is 36.5 Å². The molecule has 1 aromatic rings. The van der Waals surface area contributed by atoms with Gasteiger partial charge in [0.15, 0.2) is 5.72 Å². The number of carbonyl (C=O) groups is 1. The Morgan fingerprint density at radius 3 is 2.60 bits per heavy atom. The molecule has 0 atom stereocenters. The average molecular weight is 434 g/mol. The molecule has 0 unspecified atom stereocenters. The van der Waals surface area contributed by atoms with E-state index < -0.39 is 0 Å². The van der Waals surface area contributed by atoms with Gasteiger partial charge in [-0.25, -0.2) is 4.98 Å². The largest absolute Gasteiger partial charge is 0.473 e. The van der Waals surface area contributed by atoms with Crippen molar-refractivity contribution in [1.29, 1.82) is 0 Å². The summed E-state index contributed by atoms with van der Waals surface area (Å²) in [5.41, 5.74) is -0.399. The van der Waals surface area contributed by atoms with Gasteiger partial charge in [-0.1, -0.05) is 11.3 Å². The normalized spacial score (nSPS) is 29.4. The minimum Gasteiger partial charge on any atom is -0.473 e. The zero-order valence-corrected chi connectivity index (χ0v) is 19.7. The van der Waals surface area contributed by atoms with Gasteiger partial charge in [-0.2, -0.15) is 0 Å². The highest BCUT2D eigenvalue weighted by Crippen LogP contribution is 2.50. The van der Waals surface area contributed by atoms with Crippen molar-refractivity contribution in [3.05, 3.63) is 23.1 Å². The summed E-state index contributed by atoms with van der Waals surface area (Å²) < 4.78 is 11.8. The lowest BCUT2D eigenvalue weighted by Crippen LogP contribution is -2.50. The number of amides is 1. The van der Waals surface area contributed by atoms with E-state index >= 15 is 0 Å². The first kappa shape index (κ1) is 21.6. The Bertz CT molecular complexity index is 791. The quantitative estimate of drug-likeness (QED) is 0.654. The predicted molar refractivity (Wildman–Crippen MR) is 118 cm³/mol. The number of hydrogen-bond acceptors (Lipinski definition) is 6. The third-order valence-corrected chi connectivity index (χ3v) is 7.83. The van der Waals surface area contributed by atoms with Crippen LogP contribution in [0.3, 0.4) is 0 Å². The molecule has 4 rings (SSSR count). The van der Waals surface area contributed by atoms with Crippen molar-refractivity contribution in [2.24, 2.45) is 17.8 Å². The third-order valence-electron chi connectivity index (χ3n) is 6.94. The van der Waals surface area contributed by atoms with Crippen molar-refractivity contribution in [1.82, 2.24) is 15.2 Å². The van der Waals surface area contributed by atoms with Gasteiger partial charge < -0.3 is 14.8 Å². The van der Waals surface area contributed by atoms with Crippen molar-refractivity contribution >= 4 is 17.2 Å². The van der Waals surface area contributed by atoms with E-state index in [2.05, 4.69) is 49.8 Å². The first-order chi connectivity index (χ1) is 14.1. The fraction of sp³-hybridized carbons (Fsp3) is 0.739. The molecule has 0 radical (unpaired) electrons. The van der Waals surface area contributed by atoms with Crippen molar-refractivity contribution in [2.45, 2.75) is 78.0 Å². The molecule has 1 saturated heterocycles.